The normalized spacial score (nSPS) is 18.6. The van der Waals surface area contributed by atoms with E-state index in [9.17, 15) is 10.2 Å². The lowest BCUT2D eigenvalue weighted by atomic mass is 9.84. The van der Waals surface area contributed by atoms with E-state index in [2.05, 4.69) is 60.7 Å². The van der Waals surface area contributed by atoms with Crippen LogP contribution in [0, 0.1) is 36.0 Å². The fraction of sp³-hybridized carbons (Fsp3) is 0.839. The summed E-state index contributed by atoms with van der Waals surface area (Å²) in [6.45, 7) is 15.9. The molecule has 0 amide bonds. The Kier molecular flexibility index (Phi) is 16.7. The van der Waals surface area contributed by atoms with Crippen molar-refractivity contribution in [3.05, 3.63) is 6.42 Å². The quantitative estimate of drug-likeness (QED) is 0.217. The smallest absolute Gasteiger partial charge is 0.123 e. The Morgan fingerprint density at radius 3 is 2.26 bits per heavy atom. The van der Waals surface area contributed by atoms with Gasteiger partial charge in [-0.25, -0.2) is 0 Å². The molecular formula is C31H55N2O2. The number of nitrogens with zero attached hydrogens (tertiary/aromatic N) is 2. The molecule has 0 aliphatic carbocycles. The van der Waals surface area contributed by atoms with E-state index in [1.54, 1.807) is 0 Å². The lowest BCUT2D eigenvalue weighted by molar-refractivity contribution is 0.0859. The number of hydrogen-bond donors (Lipinski definition) is 2. The van der Waals surface area contributed by atoms with E-state index in [4.69, 9.17) is 0 Å². The van der Waals surface area contributed by atoms with Crippen molar-refractivity contribution in [3.8, 4) is 23.7 Å². The highest BCUT2D eigenvalue weighted by molar-refractivity contribution is 5.14. The van der Waals surface area contributed by atoms with Crippen molar-refractivity contribution in [1.82, 2.24) is 9.80 Å². The van der Waals surface area contributed by atoms with Crippen LogP contribution < -0.4 is 0 Å². The van der Waals surface area contributed by atoms with Gasteiger partial charge in [0.2, 0.25) is 0 Å². The first kappa shape index (κ1) is 32.0. The summed E-state index contributed by atoms with van der Waals surface area (Å²) in [4.78, 5) is 4.66. The Morgan fingerprint density at radius 2 is 1.60 bits per heavy atom. The Labute approximate surface area is 218 Å². The second-order valence-corrected chi connectivity index (χ2v) is 10.9. The predicted molar refractivity (Wildman–Crippen MR) is 150 cm³/mol. The summed E-state index contributed by atoms with van der Waals surface area (Å²) < 4.78 is 0. The van der Waals surface area contributed by atoms with Gasteiger partial charge in [0.25, 0.3) is 0 Å². The highest BCUT2D eigenvalue weighted by Crippen LogP contribution is 2.27. The minimum absolute atomic E-state index is 0.416. The molecule has 1 radical (unpaired) electrons. The maximum atomic E-state index is 11.0. The Bertz CT molecular complexity index is 655. The summed E-state index contributed by atoms with van der Waals surface area (Å²) in [5, 5.41) is 21.7. The van der Waals surface area contributed by atoms with Crippen molar-refractivity contribution in [3.63, 3.8) is 0 Å². The highest BCUT2D eigenvalue weighted by Gasteiger charge is 2.24. The largest absolute Gasteiger partial charge is 0.378 e. The molecule has 1 saturated heterocycles. The maximum Gasteiger partial charge on any atom is 0.123 e. The highest BCUT2D eigenvalue weighted by atomic mass is 16.3. The zero-order chi connectivity index (χ0) is 26.0. The number of rotatable bonds is 16. The van der Waals surface area contributed by atoms with E-state index in [0.717, 1.165) is 64.8 Å². The van der Waals surface area contributed by atoms with Gasteiger partial charge < -0.3 is 10.2 Å². The summed E-state index contributed by atoms with van der Waals surface area (Å²) in [7, 11) is 0. The summed E-state index contributed by atoms with van der Waals surface area (Å²) in [6.07, 6.45) is 15.3. The van der Waals surface area contributed by atoms with Crippen LogP contribution in [0.15, 0.2) is 0 Å². The van der Waals surface area contributed by atoms with E-state index < -0.39 is 11.2 Å². The van der Waals surface area contributed by atoms with E-state index in [0.29, 0.717) is 25.3 Å². The minimum atomic E-state index is -0.957. The predicted octanol–water partition coefficient (Wildman–Crippen LogP) is 5.67. The van der Waals surface area contributed by atoms with Gasteiger partial charge in [0.05, 0.1) is 13.1 Å². The number of likely N-dealkylation sites (tertiary alicyclic amines) is 1. The van der Waals surface area contributed by atoms with Crippen LogP contribution >= 0.6 is 0 Å². The third kappa shape index (κ3) is 16.3. The number of aliphatic hydroxyl groups is 2. The van der Waals surface area contributed by atoms with Gasteiger partial charge in [-0.05, 0) is 90.9 Å². The van der Waals surface area contributed by atoms with Crippen molar-refractivity contribution < 1.29 is 10.2 Å². The Morgan fingerprint density at radius 1 is 0.914 bits per heavy atom. The van der Waals surface area contributed by atoms with Crippen LogP contribution in [0.1, 0.15) is 112 Å². The van der Waals surface area contributed by atoms with E-state index in [1.165, 1.54) is 32.1 Å². The third-order valence-electron chi connectivity index (χ3n) is 7.14. The van der Waals surface area contributed by atoms with Gasteiger partial charge >= 0.3 is 0 Å². The van der Waals surface area contributed by atoms with Crippen molar-refractivity contribution in [2.75, 3.05) is 39.3 Å². The minimum Gasteiger partial charge on any atom is -0.378 e. The molecule has 35 heavy (non-hydrogen) atoms. The molecule has 0 spiro atoms. The summed E-state index contributed by atoms with van der Waals surface area (Å²) in [5.41, 5.74) is -1.87. The van der Waals surface area contributed by atoms with Gasteiger partial charge in [0.1, 0.15) is 11.2 Å². The van der Waals surface area contributed by atoms with Crippen LogP contribution in [0.5, 0.6) is 0 Å². The van der Waals surface area contributed by atoms with Crippen molar-refractivity contribution in [2.45, 2.75) is 123 Å². The maximum absolute atomic E-state index is 11.0. The monoisotopic (exact) mass is 487 g/mol. The van der Waals surface area contributed by atoms with Gasteiger partial charge in [0, 0.05) is 0 Å². The van der Waals surface area contributed by atoms with Crippen molar-refractivity contribution in [1.29, 1.82) is 0 Å². The number of unbranched alkanes of at least 4 members (excludes halogenated alkanes) is 4. The van der Waals surface area contributed by atoms with Crippen molar-refractivity contribution >= 4 is 0 Å². The molecule has 0 aromatic carbocycles. The molecule has 1 aliphatic heterocycles. The molecule has 0 saturated carbocycles. The molecule has 3 atom stereocenters. The first-order valence-electron chi connectivity index (χ1n) is 14.4. The van der Waals surface area contributed by atoms with Crippen LogP contribution in [0.3, 0.4) is 0 Å². The zero-order valence-corrected chi connectivity index (χ0v) is 23.7. The lowest BCUT2D eigenvalue weighted by Crippen LogP contribution is -2.30. The van der Waals surface area contributed by atoms with Gasteiger partial charge in [-0.2, -0.15) is 0 Å². The molecule has 1 heterocycles. The molecule has 1 fully saturated rings. The zero-order valence-electron chi connectivity index (χ0n) is 23.7. The molecule has 0 bridgehead atoms. The SMILES string of the molecule is CCCC[CH]CC(CCCCC(C)(O)C#CCN1CCCCC1)CC(C)(O)C#CCN(CC)CC. The molecule has 1 rings (SSSR count). The van der Waals surface area contributed by atoms with Crippen LogP contribution in [0.2, 0.25) is 0 Å². The Balaban J connectivity index is 2.52. The number of hydrogen-bond acceptors (Lipinski definition) is 4. The fourth-order valence-corrected chi connectivity index (χ4v) is 4.83. The van der Waals surface area contributed by atoms with E-state index in [1.807, 2.05) is 13.8 Å². The first-order chi connectivity index (χ1) is 16.7. The standard InChI is InChI=1S/C31H55N2O2/c1-6-9-10-12-19-29(28-31(5,35)23-18-26-32(7-2)8-3)20-13-14-21-30(4,34)22-17-27-33-24-15-11-16-25-33/h12,29,34-35H,6-11,13-16,19-21,24-28H2,1-5H3. The summed E-state index contributed by atoms with van der Waals surface area (Å²) >= 11 is 0. The molecule has 3 unspecified atom stereocenters. The third-order valence-corrected chi connectivity index (χ3v) is 7.14. The van der Waals surface area contributed by atoms with Crippen LogP contribution in [-0.4, -0.2) is 70.5 Å². The number of piperidine rings is 1. The second kappa shape index (κ2) is 18.2. The van der Waals surface area contributed by atoms with Gasteiger partial charge in [-0.3, -0.25) is 9.80 Å². The second-order valence-electron chi connectivity index (χ2n) is 10.9. The topological polar surface area (TPSA) is 46.9 Å². The van der Waals surface area contributed by atoms with E-state index in [-0.39, 0.29) is 0 Å². The molecule has 4 heteroatoms. The van der Waals surface area contributed by atoms with Crippen LogP contribution in [0.4, 0.5) is 0 Å². The van der Waals surface area contributed by atoms with Crippen LogP contribution in [-0.2, 0) is 0 Å². The van der Waals surface area contributed by atoms with Crippen molar-refractivity contribution in [2.24, 2.45) is 5.92 Å². The average molecular weight is 488 g/mol. The van der Waals surface area contributed by atoms with Gasteiger partial charge in [0.15, 0.2) is 0 Å². The molecule has 4 nitrogen and oxygen atoms in total. The van der Waals surface area contributed by atoms with Crippen LogP contribution in [0.25, 0.3) is 0 Å². The Hall–Kier alpha value is -1.04. The summed E-state index contributed by atoms with van der Waals surface area (Å²) in [6, 6.07) is 0. The van der Waals surface area contributed by atoms with E-state index >= 15 is 0 Å². The molecule has 0 aromatic rings. The fourth-order valence-electron chi connectivity index (χ4n) is 4.83. The molecule has 201 valence electrons. The van der Waals surface area contributed by atoms with Gasteiger partial charge in [-0.1, -0.05) is 83.0 Å². The van der Waals surface area contributed by atoms with Gasteiger partial charge in [-0.15, -0.1) is 0 Å². The lowest BCUT2D eigenvalue weighted by Gasteiger charge is -2.25. The molecule has 1 aliphatic rings. The molecular weight excluding hydrogens is 432 g/mol. The molecule has 0 aromatic heterocycles. The average Bonchev–Trinajstić information content (AvgIpc) is 2.82. The first-order valence-corrected chi connectivity index (χ1v) is 14.4. The molecule has 2 N–H and O–H groups in total. The summed E-state index contributed by atoms with van der Waals surface area (Å²) in [5.74, 6) is 13.1.